The fraction of sp³-hybridized carbons (Fsp3) is 0.200. The molecule has 1 heterocycles. The summed E-state index contributed by atoms with van der Waals surface area (Å²) in [5.74, 6) is 0.337. The Bertz CT molecular complexity index is 447. The van der Waals surface area contributed by atoms with E-state index in [4.69, 9.17) is 0 Å². The highest BCUT2D eigenvalue weighted by molar-refractivity contribution is 9.10. The van der Waals surface area contributed by atoms with Gasteiger partial charge in [0.05, 0.1) is 0 Å². The van der Waals surface area contributed by atoms with E-state index in [1.165, 1.54) is 14.7 Å². The molecule has 0 atom stereocenters. The number of hydrogen-bond acceptors (Lipinski definition) is 2. The number of hydrogen-bond donors (Lipinski definition) is 1. The van der Waals surface area contributed by atoms with Crippen molar-refractivity contribution >= 4 is 37.4 Å². The molecular formula is C10H9BrOS. The maximum Gasteiger partial charge on any atom is 0.117 e. The van der Waals surface area contributed by atoms with Gasteiger partial charge < -0.3 is 5.11 Å². The average Bonchev–Trinajstić information content (AvgIpc) is 2.42. The van der Waals surface area contributed by atoms with Gasteiger partial charge in [0, 0.05) is 19.4 Å². The smallest absolute Gasteiger partial charge is 0.117 e. The summed E-state index contributed by atoms with van der Waals surface area (Å²) < 4.78 is 2.32. The van der Waals surface area contributed by atoms with Crippen LogP contribution in [0, 0.1) is 0 Å². The Hall–Kier alpha value is -0.540. The first-order valence-corrected chi connectivity index (χ1v) is 5.73. The summed E-state index contributed by atoms with van der Waals surface area (Å²) in [6.07, 6.45) is 1.03. The summed E-state index contributed by atoms with van der Waals surface area (Å²) in [6.45, 7) is 2.13. The maximum absolute atomic E-state index is 9.29. The molecule has 1 N–H and O–H groups in total. The van der Waals surface area contributed by atoms with Crippen LogP contribution in [0.2, 0.25) is 0 Å². The van der Waals surface area contributed by atoms with Crippen molar-refractivity contribution in [2.75, 3.05) is 0 Å². The SMILES string of the molecule is CCc1sc2cc(O)ccc2c1Br. The summed E-state index contributed by atoms with van der Waals surface area (Å²) in [5, 5.41) is 10.5. The van der Waals surface area contributed by atoms with Gasteiger partial charge in [-0.1, -0.05) is 6.92 Å². The van der Waals surface area contributed by atoms with E-state index in [1.54, 1.807) is 17.4 Å². The number of fused-ring (bicyclic) bond motifs is 1. The number of phenolic OH excluding ortho intramolecular Hbond substituents is 1. The molecule has 0 aliphatic carbocycles. The van der Waals surface area contributed by atoms with Crippen molar-refractivity contribution in [2.24, 2.45) is 0 Å². The van der Waals surface area contributed by atoms with Gasteiger partial charge in [0.25, 0.3) is 0 Å². The van der Waals surface area contributed by atoms with Crippen molar-refractivity contribution in [1.82, 2.24) is 0 Å². The molecule has 2 aromatic rings. The minimum Gasteiger partial charge on any atom is -0.508 e. The predicted molar refractivity (Wildman–Crippen MR) is 60.6 cm³/mol. The van der Waals surface area contributed by atoms with E-state index in [9.17, 15) is 5.11 Å². The molecule has 13 heavy (non-hydrogen) atoms. The molecule has 3 heteroatoms. The van der Waals surface area contributed by atoms with Crippen LogP contribution in [0.15, 0.2) is 22.7 Å². The molecular weight excluding hydrogens is 248 g/mol. The Labute approximate surface area is 89.1 Å². The van der Waals surface area contributed by atoms with Crippen LogP contribution in [-0.2, 0) is 6.42 Å². The van der Waals surface area contributed by atoms with Gasteiger partial charge >= 0.3 is 0 Å². The van der Waals surface area contributed by atoms with E-state index in [0.717, 1.165) is 11.1 Å². The number of aryl methyl sites for hydroxylation is 1. The largest absolute Gasteiger partial charge is 0.508 e. The third-order valence-corrected chi connectivity index (χ3v) is 4.47. The quantitative estimate of drug-likeness (QED) is 0.820. The van der Waals surface area contributed by atoms with E-state index in [-0.39, 0.29) is 0 Å². The lowest BCUT2D eigenvalue weighted by Gasteiger charge is -1.91. The lowest BCUT2D eigenvalue weighted by molar-refractivity contribution is 0.476. The van der Waals surface area contributed by atoms with E-state index < -0.39 is 0 Å². The predicted octanol–water partition coefficient (Wildman–Crippen LogP) is 3.93. The molecule has 0 radical (unpaired) electrons. The van der Waals surface area contributed by atoms with Gasteiger partial charge in [-0.2, -0.15) is 0 Å². The second-order valence-electron chi connectivity index (χ2n) is 2.87. The molecule has 0 fully saturated rings. The summed E-state index contributed by atoms with van der Waals surface area (Å²) in [5.41, 5.74) is 0. The molecule has 1 aromatic heterocycles. The van der Waals surface area contributed by atoms with Gasteiger partial charge in [-0.3, -0.25) is 0 Å². The lowest BCUT2D eigenvalue weighted by atomic mass is 10.2. The van der Waals surface area contributed by atoms with Crippen LogP contribution in [0.25, 0.3) is 10.1 Å². The molecule has 1 aromatic carbocycles. The molecule has 0 spiro atoms. The number of rotatable bonds is 1. The molecule has 0 aliphatic rings. The number of benzene rings is 1. The van der Waals surface area contributed by atoms with Gasteiger partial charge in [-0.25, -0.2) is 0 Å². The van der Waals surface area contributed by atoms with Gasteiger partial charge in [0.15, 0.2) is 0 Å². The minimum atomic E-state index is 0.337. The normalized spacial score (nSPS) is 10.9. The summed E-state index contributed by atoms with van der Waals surface area (Å²) in [6, 6.07) is 5.48. The standard InChI is InChI=1S/C10H9BrOS/c1-2-8-10(11)7-4-3-6(12)5-9(7)13-8/h3-5,12H,2H2,1H3. The number of phenols is 1. The van der Waals surface area contributed by atoms with Gasteiger partial charge in [-0.05, 0) is 40.5 Å². The van der Waals surface area contributed by atoms with E-state index >= 15 is 0 Å². The van der Waals surface area contributed by atoms with Crippen LogP contribution >= 0.6 is 27.3 Å². The number of thiophene rings is 1. The van der Waals surface area contributed by atoms with Gasteiger partial charge in [-0.15, -0.1) is 11.3 Å². The summed E-state index contributed by atoms with van der Waals surface area (Å²) in [4.78, 5) is 1.33. The minimum absolute atomic E-state index is 0.337. The summed E-state index contributed by atoms with van der Waals surface area (Å²) >= 11 is 5.30. The highest BCUT2D eigenvalue weighted by atomic mass is 79.9. The van der Waals surface area contributed by atoms with Crippen LogP contribution in [0.5, 0.6) is 5.75 Å². The molecule has 1 nitrogen and oxygen atoms in total. The van der Waals surface area contributed by atoms with Crippen LogP contribution < -0.4 is 0 Å². The molecule has 0 unspecified atom stereocenters. The molecule has 0 aliphatic heterocycles. The second-order valence-corrected chi connectivity index (χ2v) is 4.80. The number of halogens is 1. The molecule has 0 saturated carbocycles. The Morgan fingerprint density at radius 2 is 2.23 bits per heavy atom. The van der Waals surface area contributed by atoms with Crippen molar-refractivity contribution in [3.05, 3.63) is 27.5 Å². The van der Waals surface area contributed by atoms with Crippen molar-refractivity contribution in [2.45, 2.75) is 13.3 Å². The Balaban J connectivity index is 2.76. The van der Waals surface area contributed by atoms with E-state index in [1.807, 2.05) is 12.1 Å². The zero-order valence-corrected chi connectivity index (χ0v) is 9.58. The maximum atomic E-state index is 9.29. The monoisotopic (exact) mass is 256 g/mol. The average molecular weight is 257 g/mol. The zero-order valence-electron chi connectivity index (χ0n) is 7.17. The Kier molecular flexibility index (Phi) is 2.30. The van der Waals surface area contributed by atoms with E-state index in [0.29, 0.717) is 5.75 Å². The molecule has 68 valence electrons. The summed E-state index contributed by atoms with van der Waals surface area (Å²) in [7, 11) is 0. The first-order chi connectivity index (χ1) is 6.22. The van der Waals surface area contributed by atoms with Crippen LogP contribution in [0.4, 0.5) is 0 Å². The van der Waals surface area contributed by atoms with Crippen molar-refractivity contribution in [3.8, 4) is 5.75 Å². The number of aromatic hydroxyl groups is 1. The third-order valence-electron chi connectivity index (χ3n) is 2.00. The van der Waals surface area contributed by atoms with Crippen molar-refractivity contribution in [1.29, 1.82) is 0 Å². The molecule has 0 amide bonds. The van der Waals surface area contributed by atoms with Gasteiger partial charge in [0.1, 0.15) is 5.75 Å². The highest BCUT2D eigenvalue weighted by Crippen LogP contribution is 2.37. The van der Waals surface area contributed by atoms with Crippen LogP contribution in [0.1, 0.15) is 11.8 Å². The second kappa shape index (κ2) is 3.31. The van der Waals surface area contributed by atoms with Crippen molar-refractivity contribution < 1.29 is 5.11 Å². The molecule has 0 bridgehead atoms. The van der Waals surface area contributed by atoms with Crippen LogP contribution in [0.3, 0.4) is 0 Å². The van der Waals surface area contributed by atoms with Crippen LogP contribution in [-0.4, -0.2) is 5.11 Å². The third kappa shape index (κ3) is 1.46. The Morgan fingerprint density at radius 1 is 1.46 bits per heavy atom. The molecule has 2 rings (SSSR count). The van der Waals surface area contributed by atoms with Gasteiger partial charge in [0.2, 0.25) is 0 Å². The topological polar surface area (TPSA) is 20.2 Å². The zero-order chi connectivity index (χ0) is 9.42. The molecule has 0 saturated heterocycles. The lowest BCUT2D eigenvalue weighted by Crippen LogP contribution is -1.70. The Morgan fingerprint density at radius 3 is 2.92 bits per heavy atom. The first kappa shape index (κ1) is 9.03. The first-order valence-electron chi connectivity index (χ1n) is 4.12. The highest BCUT2D eigenvalue weighted by Gasteiger charge is 2.07. The van der Waals surface area contributed by atoms with Crippen molar-refractivity contribution in [3.63, 3.8) is 0 Å². The fourth-order valence-electron chi connectivity index (χ4n) is 1.33. The van der Waals surface area contributed by atoms with E-state index in [2.05, 4.69) is 22.9 Å². The fourth-order valence-corrected chi connectivity index (χ4v) is 3.40.